The van der Waals surface area contributed by atoms with E-state index in [1.165, 1.54) is 17.0 Å². The average molecular weight is 335 g/mol. The lowest BCUT2D eigenvalue weighted by Crippen LogP contribution is -2.30. The molecule has 0 fully saturated rings. The van der Waals surface area contributed by atoms with E-state index < -0.39 is 10.0 Å². The molecule has 7 heteroatoms. The maximum Gasteiger partial charge on any atom is 0.240 e. The summed E-state index contributed by atoms with van der Waals surface area (Å²) in [4.78, 5) is 12.9. The number of nitrogens with zero attached hydrogens (tertiary/aromatic N) is 1. The highest BCUT2D eigenvalue weighted by atomic mass is 79.9. The predicted molar refractivity (Wildman–Crippen MR) is 72.6 cm³/mol. The first-order valence-corrected chi connectivity index (χ1v) is 7.56. The van der Waals surface area contributed by atoms with Gasteiger partial charge in [0.15, 0.2) is 0 Å². The van der Waals surface area contributed by atoms with Gasteiger partial charge in [0.2, 0.25) is 15.9 Å². The number of amides is 1. The number of carbonyl (C=O) groups excluding carboxylic acids is 1. The quantitative estimate of drug-likeness (QED) is 0.879. The number of hydrogen-bond acceptors (Lipinski definition) is 3. The molecule has 1 N–H and O–H groups in total. The molecule has 5 nitrogen and oxygen atoms in total. The van der Waals surface area contributed by atoms with Crippen LogP contribution in [0.3, 0.4) is 0 Å². The molecule has 0 aliphatic heterocycles. The van der Waals surface area contributed by atoms with Crippen LogP contribution in [0.5, 0.6) is 0 Å². The number of benzene rings is 1. The van der Waals surface area contributed by atoms with Gasteiger partial charge in [-0.25, -0.2) is 13.1 Å². The summed E-state index contributed by atoms with van der Waals surface area (Å²) >= 11 is 3.23. The van der Waals surface area contributed by atoms with E-state index >= 15 is 0 Å². The normalized spacial score (nSPS) is 11.3. The Hall–Kier alpha value is -0.920. The molecule has 1 aromatic rings. The van der Waals surface area contributed by atoms with Crippen LogP contribution >= 0.6 is 15.9 Å². The van der Waals surface area contributed by atoms with E-state index in [-0.39, 0.29) is 23.8 Å². The maximum absolute atomic E-state index is 11.8. The van der Waals surface area contributed by atoms with Gasteiger partial charge in [0.25, 0.3) is 0 Å². The average Bonchev–Trinajstić information content (AvgIpc) is 2.29. The molecule has 0 atom stereocenters. The van der Waals surface area contributed by atoms with E-state index in [0.29, 0.717) is 0 Å². The van der Waals surface area contributed by atoms with Crippen molar-refractivity contribution in [2.24, 2.45) is 0 Å². The van der Waals surface area contributed by atoms with E-state index in [1.54, 1.807) is 26.2 Å². The van der Waals surface area contributed by atoms with Crippen molar-refractivity contribution in [2.45, 2.75) is 11.3 Å². The third-order valence-electron chi connectivity index (χ3n) is 2.25. The van der Waals surface area contributed by atoms with E-state index in [9.17, 15) is 13.2 Å². The second kappa shape index (κ2) is 6.31. The first kappa shape index (κ1) is 15.1. The number of hydrogen-bond donors (Lipinski definition) is 1. The van der Waals surface area contributed by atoms with Crippen molar-refractivity contribution in [3.05, 3.63) is 28.7 Å². The number of rotatable bonds is 5. The molecular formula is C11H15BrN2O3S. The third-order valence-corrected chi connectivity index (χ3v) is 4.26. The number of sulfonamides is 1. The van der Waals surface area contributed by atoms with Crippen molar-refractivity contribution < 1.29 is 13.2 Å². The van der Waals surface area contributed by atoms with Crippen molar-refractivity contribution in [3.63, 3.8) is 0 Å². The summed E-state index contributed by atoms with van der Waals surface area (Å²) in [5, 5.41) is 0. The lowest BCUT2D eigenvalue weighted by atomic mass is 10.4. The van der Waals surface area contributed by atoms with Crippen molar-refractivity contribution in [2.75, 3.05) is 20.6 Å². The molecule has 1 aromatic carbocycles. The summed E-state index contributed by atoms with van der Waals surface area (Å²) in [6.07, 6.45) is 0.142. The Morgan fingerprint density at radius 3 is 2.33 bits per heavy atom. The van der Waals surface area contributed by atoms with E-state index in [1.807, 2.05) is 0 Å². The fraction of sp³-hybridized carbons (Fsp3) is 0.364. The molecule has 0 spiro atoms. The predicted octanol–water partition coefficient (Wildman–Crippen LogP) is 1.21. The highest BCUT2D eigenvalue weighted by Crippen LogP contribution is 2.14. The standard InChI is InChI=1S/C11H15BrN2O3S/c1-14(2)11(15)7-8-13-18(16,17)10-5-3-9(12)4-6-10/h3-6,13H,7-8H2,1-2H3. The Kier molecular flexibility index (Phi) is 5.30. The molecule has 0 aliphatic rings. The highest BCUT2D eigenvalue weighted by Gasteiger charge is 2.14. The van der Waals surface area contributed by atoms with Crippen LogP contribution in [0.1, 0.15) is 6.42 Å². The van der Waals surface area contributed by atoms with Gasteiger partial charge in [0, 0.05) is 31.5 Å². The van der Waals surface area contributed by atoms with Crippen molar-refractivity contribution in [1.29, 1.82) is 0 Å². The third kappa shape index (κ3) is 4.40. The van der Waals surface area contributed by atoms with Gasteiger partial charge >= 0.3 is 0 Å². The highest BCUT2D eigenvalue weighted by molar-refractivity contribution is 9.10. The Morgan fingerprint density at radius 2 is 1.83 bits per heavy atom. The lowest BCUT2D eigenvalue weighted by molar-refractivity contribution is -0.128. The Bertz CT molecular complexity index is 512. The number of halogens is 1. The lowest BCUT2D eigenvalue weighted by Gasteiger charge is -2.10. The zero-order valence-corrected chi connectivity index (χ0v) is 12.6. The van der Waals surface area contributed by atoms with Crippen LogP contribution in [0.4, 0.5) is 0 Å². The van der Waals surface area contributed by atoms with E-state index in [2.05, 4.69) is 20.7 Å². The molecule has 0 heterocycles. The Morgan fingerprint density at radius 1 is 1.28 bits per heavy atom. The molecule has 0 radical (unpaired) electrons. The largest absolute Gasteiger partial charge is 0.349 e. The molecule has 0 bridgehead atoms. The van der Waals surface area contributed by atoms with Gasteiger partial charge in [-0.3, -0.25) is 4.79 Å². The van der Waals surface area contributed by atoms with Gasteiger partial charge in [-0.15, -0.1) is 0 Å². The Balaban J connectivity index is 2.61. The molecule has 1 rings (SSSR count). The van der Waals surface area contributed by atoms with Crippen LogP contribution in [0.2, 0.25) is 0 Å². The molecule has 1 amide bonds. The molecule has 0 aromatic heterocycles. The zero-order valence-electron chi connectivity index (χ0n) is 10.2. The molecule has 0 unspecified atom stereocenters. The van der Waals surface area contributed by atoms with Crippen molar-refractivity contribution in [3.8, 4) is 0 Å². The van der Waals surface area contributed by atoms with Gasteiger partial charge < -0.3 is 4.90 Å². The van der Waals surface area contributed by atoms with Crippen LogP contribution in [0, 0.1) is 0 Å². The van der Waals surface area contributed by atoms with Gasteiger partial charge in [0.05, 0.1) is 4.90 Å². The van der Waals surface area contributed by atoms with Crippen molar-refractivity contribution >= 4 is 31.9 Å². The number of carbonyl (C=O) groups is 1. The smallest absolute Gasteiger partial charge is 0.240 e. The van der Waals surface area contributed by atoms with Crippen LogP contribution in [0.15, 0.2) is 33.6 Å². The Labute approximate surface area is 115 Å². The number of nitrogens with one attached hydrogen (secondary N) is 1. The fourth-order valence-corrected chi connectivity index (χ4v) is 2.51. The van der Waals surface area contributed by atoms with Crippen LogP contribution < -0.4 is 4.72 Å². The molecule has 0 aliphatic carbocycles. The molecular weight excluding hydrogens is 320 g/mol. The molecule has 100 valence electrons. The molecule has 0 saturated heterocycles. The van der Waals surface area contributed by atoms with Crippen molar-refractivity contribution in [1.82, 2.24) is 9.62 Å². The zero-order chi connectivity index (χ0) is 13.8. The first-order valence-electron chi connectivity index (χ1n) is 5.28. The summed E-state index contributed by atoms with van der Waals surface area (Å²) in [7, 11) is -0.279. The SMILES string of the molecule is CN(C)C(=O)CCNS(=O)(=O)c1ccc(Br)cc1. The van der Waals surface area contributed by atoms with Gasteiger partial charge in [-0.05, 0) is 24.3 Å². The monoisotopic (exact) mass is 334 g/mol. The second-order valence-corrected chi connectivity index (χ2v) is 6.57. The van der Waals surface area contributed by atoms with E-state index in [0.717, 1.165) is 4.47 Å². The second-order valence-electron chi connectivity index (χ2n) is 3.89. The van der Waals surface area contributed by atoms with E-state index in [4.69, 9.17) is 0 Å². The van der Waals surface area contributed by atoms with Crippen LogP contribution in [0.25, 0.3) is 0 Å². The minimum Gasteiger partial charge on any atom is -0.349 e. The topological polar surface area (TPSA) is 66.5 Å². The fourth-order valence-electron chi connectivity index (χ4n) is 1.21. The van der Waals surface area contributed by atoms with Crippen LogP contribution in [-0.2, 0) is 14.8 Å². The van der Waals surface area contributed by atoms with Gasteiger partial charge in [-0.2, -0.15) is 0 Å². The summed E-state index contributed by atoms with van der Waals surface area (Å²) in [5.41, 5.74) is 0. The summed E-state index contributed by atoms with van der Waals surface area (Å²) < 4.78 is 26.9. The first-order chi connectivity index (χ1) is 8.33. The van der Waals surface area contributed by atoms with Gasteiger partial charge in [0.1, 0.15) is 0 Å². The minimum atomic E-state index is -3.54. The summed E-state index contributed by atoms with van der Waals surface area (Å²) in [6.45, 7) is 0.0927. The minimum absolute atomic E-state index is 0.0927. The molecule has 18 heavy (non-hydrogen) atoms. The molecule has 0 saturated carbocycles. The van der Waals surface area contributed by atoms with Gasteiger partial charge in [-0.1, -0.05) is 15.9 Å². The summed E-state index contributed by atoms with van der Waals surface area (Å²) in [5.74, 6) is -0.117. The maximum atomic E-state index is 11.8. The summed E-state index contributed by atoms with van der Waals surface area (Å²) in [6, 6.07) is 6.31. The van der Waals surface area contributed by atoms with Crippen LogP contribution in [-0.4, -0.2) is 39.9 Å².